The highest BCUT2D eigenvalue weighted by atomic mass is 32.2. The van der Waals surface area contributed by atoms with Gasteiger partial charge >= 0.3 is 10.2 Å². The minimum absolute atomic E-state index is 0.0975. The maximum absolute atomic E-state index is 14.4. The molecule has 2 heterocycles. The molecule has 11 nitrogen and oxygen atoms in total. The van der Waals surface area contributed by atoms with Crippen LogP contribution in [0.2, 0.25) is 0 Å². The van der Waals surface area contributed by atoms with Gasteiger partial charge in [-0.15, -0.1) is 0 Å². The fourth-order valence-corrected chi connectivity index (χ4v) is 7.75. The Labute approximate surface area is 276 Å². The van der Waals surface area contributed by atoms with E-state index in [1.165, 1.54) is 31.0 Å². The number of carbonyl (C=O) groups is 3. The molecule has 2 aliphatic carbocycles. The van der Waals surface area contributed by atoms with Crippen molar-refractivity contribution in [2.75, 3.05) is 42.3 Å². The lowest BCUT2D eigenvalue weighted by Crippen LogP contribution is -2.50. The van der Waals surface area contributed by atoms with Gasteiger partial charge in [0.15, 0.2) is 0 Å². The second-order valence-corrected chi connectivity index (χ2v) is 15.2. The lowest BCUT2D eigenvalue weighted by Gasteiger charge is -2.30. The Kier molecular flexibility index (Phi) is 8.46. The molecule has 3 amide bonds. The number of methoxy groups -OCH3 is 1. The summed E-state index contributed by atoms with van der Waals surface area (Å²) in [4.78, 5) is 44.0. The van der Waals surface area contributed by atoms with E-state index >= 15 is 0 Å². The molecule has 0 atom stereocenters. The zero-order valence-electron chi connectivity index (χ0n) is 27.9. The molecule has 250 valence electrons. The zero-order chi connectivity index (χ0) is 33.8. The van der Waals surface area contributed by atoms with Crippen molar-refractivity contribution in [3.05, 3.63) is 58.7 Å². The van der Waals surface area contributed by atoms with Crippen LogP contribution in [0.3, 0.4) is 0 Å². The third-order valence-electron chi connectivity index (χ3n) is 10.0. The molecule has 2 fully saturated rings. The van der Waals surface area contributed by atoms with E-state index in [9.17, 15) is 22.8 Å². The van der Waals surface area contributed by atoms with Crippen LogP contribution in [-0.2, 0) is 26.3 Å². The van der Waals surface area contributed by atoms with E-state index in [1.807, 2.05) is 30.3 Å². The summed E-state index contributed by atoms with van der Waals surface area (Å²) in [5.41, 5.74) is 4.49. The Bertz CT molecular complexity index is 1920. The summed E-state index contributed by atoms with van der Waals surface area (Å²) in [6, 6.07) is 11.2. The maximum Gasteiger partial charge on any atom is 0.303 e. The van der Waals surface area contributed by atoms with Gasteiger partial charge in [-0.2, -0.15) is 12.7 Å². The summed E-state index contributed by atoms with van der Waals surface area (Å²) in [5, 5.41) is 0.976. The number of nitrogens with one attached hydrogen (secondary N) is 1. The van der Waals surface area contributed by atoms with E-state index < -0.39 is 21.7 Å². The largest absolute Gasteiger partial charge is 0.497 e. The lowest BCUT2D eigenvalue weighted by atomic mass is 9.81. The molecule has 12 heteroatoms. The van der Waals surface area contributed by atoms with Gasteiger partial charge < -0.3 is 19.1 Å². The van der Waals surface area contributed by atoms with Crippen molar-refractivity contribution < 1.29 is 27.5 Å². The topological polar surface area (TPSA) is 121 Å². The molecule has 1 aliphatic heterocycles. The highest BCUT2D eigenvalue weighted by Crippen LogP contribution is 2.48. The van der Waals surface area contributed by atoms with Gasteiger partial charge in [-0.1, -0.05) is 25.3 Å². The van der Waals surface area contributed by atoms with Crippen LogP contribution in [0.1, 0.15) is 72.3 Å². The van der Waals surface area contributed by atoms with Crippen LogP contribution in [0.4, 0.5) is 0 Å². The van der Waals surface area contributed by atoms with Crippen LogP contribution in [-0.4, -0.2) is 92.7 Å². The van der Waals surface area contributed by atoms with Gasteiger partial charge in [0.1, 0.15) is 11.3 Å². The molecule has 2 saturated carbocycles. The Hall–Kier alpha value is -4.16. The smallest absolute Gasteiger partial charge is 0.303 e. The molecule has 0 unspecified atom stereocenters. The molecule has 1 aromatic heterocycles. The van der Waals surface area contributed by atoms with Crippen molar-refractivity contribution in [3.63, 3.8) is 0 Å². The number of fused-ring (bicyclic) bond motifs is 5. The van der Waals surface area contributed by atoms with Gasteiger partial charge in [0.05, 0.1) is 19.3 Å². The van der Waals surface area contributed by atoms with Gasteiger partial charge in [0, 0.05) is 62.8 Å². The Balaban J connectivity index is 1.55. The SMILES string of the molecule is COc1ccc2c(c1)C=C(C(=O)N(C)C1(C(=O)N(C)C)CC1)Cn1c-2c(C2CCCCC2)c2ccc(C(=O)NS(=O)(=O)N(C)C)cc21. The fourth-order valence-electron chi connectivity index (χ4n) is 7.22. The molecular weight excluding hydrogens is 618 g/mol. The number of carbonyl (C=O) groups excluding carboxylic acids is 3. The van der Waals surface area contributed by atoms with Gasteiger partial charge in [-0.05, 0) is 79.1 Å². The molecule has 0 spiro atoms. The van der Waals surface area contributed by atoms with E-state index in [-0.39, 0.29) is 29.8 Å². The number of nitrogens with zero attached hydrogens (tertiary/aromatic N) is 4. The normalized spacial score (nSPS) is 17.3. The third-order valence-corrected chi connectivity index (χ3v) is 11.4. The fraction of sp³-hybridized carbons (Fsp3) is 0.457. The average Bonchev–Trinajstić information content (AvgIpc) is 3.83. The zero-order valence-corrected chi connectivity index (χ0v) is 28.7. The van der Waals surface area contributed by atoms with Crippen molar-refractivity contribution in [3.8, 4) is 17.0 Å². The molecule has 3 aromatic rings. The minimum atomic E-state index is -4.01. The monoisotopic (exact) mass is 661 g/mol. The second-order valence-electron chi connectivity index (χ2n) is 13.4. The first-order chi connectivity index (χ1) is 22.3. The molecule has 2 aromatic carbocycles. The van der Waals surface area contributed by atoms with Crippen LogP contribution in [0, 0.1) is 0 Å². The Morgan fingerprint density at radius 2 is 1.66 bits per heavy atom. The van der Waals surface area contributed by atoms with Crippen LogP contribution in [0.15, 0.2) is 42.0 Å². The number of amides is 3. The number of likely N-dealkylation sites (N-methyl/N-ethyl adjacent to an activating group) is 2. The quantitative estimate of drug-likeness (QED) is 0.383. The number of aromatic nitrogens is 1. The summed E-state index contributed by atoms with van der Waals surface area (Å²) in [5.74, 6) is -0.144. The van der Waals surface area contributed by atoms with E-state index in [1.54, 1.807) is 45.3 Å². The molecule has 0 radical (unpaired) electrons. The van der Waals surface area contributed by atoms with Gasteiger partial charge in [-0.25, -0.2) is 4.72 Å². The highest BCUT2D eigenvalue weighted by molar-refractivity contribution is 7.87. The Morgan fingerprint density at radius 1 is 0.957 bits per heavy atom. The highest BCUT2D eigenvalue weighted by Gasteiger charge is 2.56. The van der Waals surface area contributed by atoms with E-state index in [2.05, 4.69) is 9.29 Å². The first-order valence-corrected chi connectivity index (χ1v) is 17.5. The third kappa shape index (κ3) is 5.71. The van der Waals surface area contributed by atoms with Crippen LogP contribution >= 0.6 is 0 Å². The van der Waals surface area contributed by atoms with Gasteiger partial charge in [0.25, 0.3) is 11.8 Å². The predicted molar refractivity (Wildman–Crippen MR) is 181 cm³/mol. The number of ether oxygens (including phenoxy) is 1. The number of benzene rings is 2. The molecule has 3 aliphatic rings. The molecule has 0 bridgehead atoms. The van der Waals surface area contributed by atoms with E-state index in [0.717, 1.165) is 57.7 Å². The standard InChI is InChI=1S/C35H43N5O6S/c1-37(2)34(43)35(16-17-35)39(5)33(42)25-18-24-19-26(46-6)13-15-27(24)31-30(22-10-8-7-9-11-22)28-14-12-23(20-29(28)40(31)21-25)32(41)36-47(44,45)38(3)4/h12-15,18-20,22H,7-11,16-17,21H2,1-6H3,(H,36,41). The van der Waals surface area contributed by atoms with Crippen LogP contribution in [0.25, 0.3) is 28.2 Å². The maximum atomic E-state index is 14.4. The number of rotatable bonds is 8. The summed E-state index contributed by atoms with van der Waals surface area (Å²) in [6.07, 6.45) is 8.56. The average molecular weight is 662 g/mol. The van der Waals surface area contributed by atoms with Crippen molar-refractivity contribution in [1.29, 1.82) is 0 Å². The van der Waals surface area contributed by atoms with Crippen molar-refractivity contribution >= 4 is 44.9 Å². The Morgan fingerprint density at radius 3 is 2.28 bits per heavy atom. The number of hydrogen-bond acceptors (Lipinski definition) is 6. The van der Waals surface area contributed by atoms with Gasteiger partial charge in [-0.3, -0.25) is 14.4 Å². The number of hydrogen-bond donors (Lipinski definition) is 1. The van der Waals surface area contributed by atoms with Crippen molar-refractivity contribution in [2.45, 2.75) is 62.9 Å². The summed E-state index contributed by atoms with van der Waals surface area (Å²) in [7, 11) is 5.42. The van der Waals surface area contributed by atoms with Crippen molar-refractivity contribution in [1.82, 2.24) is 23.4 Å². The second kappa shape index (κ2) is 12.1. The lowest BCUT2D eigenvalue weighted by molar-refractivity contribution is -0.142. The van der Waals surface area contributed by atoms with Crippen LogP contribution < -0.4 is 9.46 Å². The molecule has 6 rings (SSSR count). The minimum Gasteiger partial charge on any atom is -0.497 e. The first kappa shape index (κ1) is 32.8. The van der Waals surface area contributed by atoms with Crippen molar-refractivity contribution in [2.24, 2.45) is 0 Å². The summed E-state index contributed by atoms with van der Waals surface area (Å²) >= 11 is 0. The first-order valence-electron chi connectivity index (χ1n) is 16.1. The summed E-state index contributed by atoms with van der Waals surface area (Å²) in [6.45, 7) is 0.200. The molecular formula is C35H43N5O6S. The molecule has 1 N–H and O–H groups in total. The predicted octanol–water partition coefficient (Wildman–Crippen LogP) is 4.38. The van der Waals surface area contributed by atoms with E-state index in [4.69, 9.17) is 4.74 Å². The van der Waals surface area contributed by atoms with Gasteiger partial charge in [0.2, 0.25) is 5.91 Å². The van der Waals surface area contributed by atoms with Crippen LogP contribution in [0.5, 0.6) is 5.75 Å². The summed E-state index contributed by atoms with van der Waals surface area (Å²) < 4.78 is 35.8. The van der Waals surface area contributed by atoms with E-state index in [0.29, 0.717) is 24.2 Å². The molecule has 47 heavy (non-hydrogen) atoms. The molecule has 0 saturated heterocycles.